The van der Waals surface area contributed by atoms with Gasteiger partial charge >= 0.3 is 0 Å². The highest BCUT2D eigenvalue weighted by Gasteiger charge is 2.15. The Bertz CT molecular complexity index is 411. The van der Waals surface area contributed by atoms with E-state index in [1.54, 1.807) is 13.3 Å². The van der Waals surface area contributed by atoms with Crippen LogP contribution >= 0.6 is 11.6 Å². The van der Waals surface area contributed by atoms with E-state index in [-0.39, 0.29) is 0 Å². The standard InChI is InChI=1S/C12H17ClN4/c1-14-9-12-11(13)7-10(8-15-12)17-5-3-16(2)4-6-17/h7-9H,3-6H2,1-2H3. The molecule has 17 heavy (non-hydrogen) atoms. The number of aromatic nitrogens is 1. The zero-order valence-corrected chi connectivity index (χ0v) is 11.0. The van der Waals surface area contributed by atoms with Crippen LogP contribution in [0.1, 0.15) is 5.69 Å². The lowest BCUT2D eigenvalue weighted by Crippen LogP contribution is -2.44. The molecule has 0 saturated carbocycles. The fourth-order valence-corrected chi connectivity index (χ4v) is 2.10. The summed E-state index contributed by atoms with van der Waals surface area (Å²) in [5.41, 5.74) is 1.82. The predicted octanol–water partition coefficient (Wildman–Crippen LogP) is 1.54. The van der Waals surface area contributed by atoms with Crippen molar-refractivity contribution in [3.8, 4) is 0 Å². The van der Waals surface area contributed by atoms with E-state index in [1.165, 1.54) is 0 Å². The summed E-state index contributed by atoms with van der Waals surface area (Å²) in [6.45, 7) is 4.21. The van der Waals surface area contributed by atoms with Gasteiger partial charge in [-0.25, -0.2) is 0 Å². The molecule has 1 saturated heterocycles. The third-order valence-electron chi connectivity index (χ3n) is 2.98. The topological polar surface area (TPSA) is 31.7 Å². The molecule has 1 fully saturated rings. The summed E-state index contributed by atoms with van der Waals surface area (Å²) >= 11 is 6.17. The van der Waals surface area contributed by atoms with Crippen molar-refractivity contribution in [1.29, 1.82) is 0 Å². The lowest BCUT2D eigenvalue weighted by atomic mass is 10.2. The van der Waals surface area contributed by atoms with Crippen molar-refractivity contribution in [2.75, 3.05) is 45.2 Å². The number of pyridine rings is 1. The molecule has 0 radical (unpaired) electrons. The lowest BCUT2D eigenvalue weighted by molar-refractivity contribution is 0.313. The summed E-state index contributed by atoms with van der Waals surface area (Å²) in [5, 5.41) is 0.659. The van der Waals surface area contributed by atoms with Crippen molar-refractivity contribution in [2.24, 2.45) is 4.99 Å². The summed E-state index contributed by atoms with van der Waals surface area (Å²) in [7, 11) is 3.86. The number of halogens is 1. The van der Waals surface area contributed by atoms with Crippen LogP contribution in [0.15, 0.2) is 17.3 Å². The van der Waals surface area contributed by atoms with Gasteiger partial charge in [0, 0.05) is 39.4 Å². The molecule has 92 valence electrons. The summed E-state index contributed by atoms with van der Waals surface area (Å²) < 4.78 is 0. The van der Waals surface area contributed by atoms with Crippen LogP contribution < -0.4 is 4.90 Å². The quantitative estimate of drug-likeness (QED) is 0.749. The van der Waals surface area contributed by atoms with Crippen molar-refractivity contribution in [1.82, 2.24) is 9.88 Å². The Hall–Kier alpha value is -1.13. The third-order valence-corrected chi connectivity index (χ3v) is 3.28. The van der Waals surface area contributed by atoms with Crippen LogP contribution in [0.25, 0.3) is 0 Å². The highest BCUT2D eigenvalue weighted by atomic mass is 35.5. The van der Waals surface area contributed by atoms with E-state index in [9.17, 15) is 0 Å². The number of aliphatic imine (C=N–C) groups is 1. The van der Waals surface area contributed by atoms with E-state index < -0.39 is 0 Å². The number of likely N-dealkylation sites (N-methyl/N-ethyl adjacent to an activating group) is 1. The van der Waals surface area contributed by atoms with E-state index in [1.807, 2.05) is 12.3 Å². The van der Waals surface area contributed by atoms with Crippen LogP contribution in [0.3, 0.4) is 0 Å². The minimum Gasteiger partial charge on any atom is -0.368 e. The predicted molar refractivity (Wildman–Crippen MR) is 72.5 cm³/mol. The Morgan fingerprint density at radius 1 is 1.35 bits per heavy atom. The molecule has 5 heteroatoms. The molecule has 0 amide bonds. The van der Waals surface area contributed by atoms with Gasteiger partial charge in [0.15, 0.2) is 0 Å². The first-order chi connectivity index (χ1) is 8.20. The molecule has 0 aromatic carbocycles. The summed E-state index contributed by atoms with van der Waals surface area (Å²) in [5.74, 6) is 0. The summed E-state index contributed by atoms with van der Waals surface area (Å²) in [6.07, 6.45) is 3.55. The summed E-state index contributed by atoms with van der Waals surface area (Å²) in [4.78, 5) is 12.9. The highest BCUT2D eigenvalue weighted by Crippen LogP contribution is 2.21. The Kier molecular flexibility index (Phi) is 3.97. The molecule has 1 aromatic heterocycles. The van der Waals surface area contributed by atoms with Gasteiger partial charge in [0.1, 0.15) is 0 Å². The van der Waals surface area contributed by atoms with Gasteiger partial charge in [0.25, 0.3) is 0 Å². The maximum atomic E-state index is 6.17. The van der Waals surface area contributed by atoms with Gasteiger partial charge in [-0.3, -0.25) is 9.98 Å². The minimum absolute atomic E-state index is 0.659. The van der Waals surface area contributed by atoms with E-state index in [4.69, 9.17) is 11.6 Å². The minimum atomic E-state index is 0.659. The Morgan fingerprint density at radius 2 is 2.06 bits per heavy atom. The van der Waals surface area contributed by atoms with Gasteiger partial charge in [0.05, 0.1) is 22.6 Å². The number of nitrogens with zero attached hydrogens (tertiary/aromatic N) is 4. The fourth-order valence-electron chi connectivity index (χ4n) is 1.89. The first kappa shape index (κ1) is 12.3. The zero-order chi connectivity index (χ0) is 12.3. The second-order valence-corrected chi connectivity index (χ2v) is 4.65. The van der Waals surface area contributed by atoms with Crippen LogP contribution in [-0.4, -0.2) is 56.4 Å². The van der Waals surface area contributed by atoms with Crippen molar-refractivity contribution in [2.45, 2.75) is 0 Å². The van der Waals surface area contributed by atoms with Gasteiger partial charge in [-0.15, -0.1) is 0 Å². The third kappa shape index (κ3) is 2.96. The molecule has 0 aliphatic carbocycles. The average molecular weight is 253 g/mol. The molecule has 0 unspecified atom stereocenters. The number of hydrogen-bond donors (Lipinski definition) is 0. The molecule has 0 bridgehead atoms. The van der Waals surface area contributed by atoms with Crippen LogP contribution in [0.2, 0.25) is 5.02 Å². The SMILES string of the molecule is CN=Cc1ncc(N2CCN(C)CC2)cc1Cl. The summed E-state index contributed by atoms with van der Waals surface area (Å²) in [6, 6.07) is 1.97. The molecule has 0 atom stereocenters. The van der Waals surface area contributed by atoms with Crippen molar-refractivity contribution in [3.05, 3.63) is 23.0 Å². The van der Waals surface area contributed by atoms with Gasteiger partial charge in [-0.05, 0) is 13.1 Å². The van der Waals surface area contributed by atoms with E-state index in [0.717, 1.165) is 37.6 Å². The smallest absolute Gasteiger partial charge is 0.0995 e. The van der Waals surface area contributed by atoms with Crippen molar-refractivity contribution in [3.63, 3.8) is 0 Å². The molecule has 2 rings (SSSR count). The maximum Gasteiger partial charge on any atom is 0.0995 e. The Morgan fingerprint density at radius 3 is 2.65 bits per heavy atom. The fraction of sp³-hybridized carbons (Fsp3) is 0.500. The van der Waals surface area contributed by atoms with Gasteiger partial charge in [-0.2, -0.15) is 0 Å². The molecular weight excluding hydrogens is 236 g/mol. The molecule has 1 aliphatic heterocycles. The molecule has 2 heterocycles. The van der Waals surface area contributed by atoms with E-state index in [2.05, 4.69) is 26.8 Å². The van der Waals surface area contributed by atoms with Gasteiger partial charge < -0.3 is 9.80 Å². The molecule has 0 N–H and O–H groups in total. The van der Waals surface area contributed by atoms with Crippen LogP contribution in [0.4, 0.5) is 5.69 Å². The Balaban J connectivity index is 2.14. The maximum absolute atomic E-state index is 6.17. The van der Waals surface area contributed by atoms with Crippen molar-refractivity contribution >= 4 is 23.5 Å². The largest absolute Gasteiger partial charge is 0.368 e. The first-order valence-electron chi connectivity index (χ1n) is 5.72. The van der Waals surface area contributed by atoms with Crippen LogP contribution in [0.5, 0.6) is 0 Å². The second-order valence-electron chi connectivity index (χ2n) is 4.24. The normalized spacial score (nSPS) is 17.9. The molecular formula is C12H17ClN4. The van der Waals surface area contributed by atoms with E-state index >= 15 is 0 Å². The first-order valence-corrected chi connectivity index (χ1v) is 6.09. The number of hydrogen-bond acceptors (Lipinski definition) is 4. The lowest BCUT2D eigenvalue weighted by Gasteiger charge is -2.33. The van der Waals surface area contributed by atoms with Gasteiger partial charge in [-0.1, -0.05) is 11.6 Å². The van der Waals surface area contributed by atoms with E-state index in [0.29, 0.717) is 5.02 Å². The van der Waals surface area contributed by atoms with Crippen molar-refractivity contribution < 1.29 is 0 Å². The molecule has 4 nitrogen and oxygen atoms in total. The second kappa shape index (κ2) is 5.47. The number of anilines is 1. The number of piperazine rings is 1. The molecule has 1 aliphatic rings. The Labute approximate surface area is 107 Å². The molecule has 1 aromatic rings. The highest BCUT2D eigenvalue weighted by molar-refractivity contribution is 6.33. The monoisotopic (exact) mass is 252 g/mol. The van der Waals surface area contributed by atoms with Crippen LogP contribution in [-0.2, 0) is 0 Å². The zero-order valence-electron chi connectivity index (χ0n) is 10.2. The number of rotatable bonds is 2. The van der Waals surface area contributed by atoms with Crippen LogP contribution in [0, 0.1) is 0 Å². The molecule has 0 spiro atoms. The average Bonchev–Trinajstić information content (AvgIpc) is 2.33. The van der Waals surface area contributed by atoms with Gasteiger partial charge in [0.2, 0.25) is 0 Å².